The van der Waals surface area contributed by atoms with Gasteiger partial charge in [-0.25, -0.2) is 8.42 Å². The summed E-state index contributed by atoms with van der Waals surface area (Å²) >= 11 is 0. The van der Waals surface area contributed by atoms with Gasteiger partial charge in [0.1, 0.15) is 6.17 Å². The number of sulfonamides is 1. The molecule has 0 spiro atoms. The highest BCUT2D eigenvalue weighted by molar-refractivity contribution is 7.89. The fourth-order valence-electron chi connectivity index (χ4n) is 4.27. The normalized spacial score (nSPS) is 21.2. The number of carbonyl (C=O) groups excluding carboxylic acids is 2. The molecule has 0 aromatic carbocycles. The highest BCUT2D eigenvalue weighted by Gasteiger charge is 2.31. The second-order valence-electron chi connectivity index (χ2n) is 8.86. The lowest BCUT2D eigenvalue weighted by atomic mass is 9.92. The predicted octanol–water partition coefficient (Wildman–Crippen LogP) is 0.641. The van der Waals surface area contributed by atoms with Crippen molar-refractivity contribution in [2.45, 2.75) is 70.9 Å². The van der Waals surface area contributed by atoms with E-state index in [0.717, 1.165) is 32.4 Å². The second kappa shape index (κ2) is 13.1. The Bertz CT molecular complexity index is 739. The first-order chi connectivity index (χ1) is 15.2. The Balaban J connectivity index is 1.88. The number of carbonyl (C=O) groups is 3. The summed E-state index contributed by atoms with van der Waals surface area (Å²) in [7, 11) is -3.70. The van der Waals surface area contributed by atoms with Crippen molar-refractivity contribution in [2.75, 3.05) is 31.9 Å². The Labute approximate surface area is 190 Å². The number of aliphatic carboxylic acids is 1. The first-order valence-electron chi connectivity index (χ1n) is 11.7. The Kier molecular flexibility index (Phi) is 10.9. The standard InChI is InChI=1S/C21H38N4O6S/c1-2-3-13-32(30,31)24-18(14-20(27)28)23-21(29)17-5-4-12-25(15-17)19(26)7-6-16-8-10-22-11-9-16/h16-18,22,24H,2-15H2,1H3,(H,23,29)(H,27,28)/t17-,18+/m1/s1. The van der Waals surface area contributed by atoms with Crippen LogP contribution in [0.15, 0.2) is 0 Å². The number of likely N-dealkylation sites (tertiary alicyclic amines) is 1. The van der Waals surface area contributed by atoms with Crippen molar-refractivity contribution in [3.8, 4) is 0 Å². The van der Waals surface area contributed by atoms with E-state index in [1.54, 1.807) is 4.90 Å². The first-order valence-corrected chi connectivity index (χ1v) is 13.4. The third-order valence-corrected chi connectivity index (χ3v) is 7.62. The van der Waals surface area contributed by atoms with Crippen molar-refractivity contribution in [1.29, 1.82) is 0 Å². The lowest BCUT2D eigenvalue weighted by Crippen LogP contribution is -2.53. The van der Waals surface area contributed by atoms with Gasteiger partial charge >= 0.3 is 5.97 Å². The van der Waals surface area contributed by atoms with E-state index < -0.39 is 40.4 Å². The molecule has 2 fully saturated rings. The minimum atomic E-state index is -3.70. The molecule has 0 aromatic rings. The predicted molar refractivity (Wildman–Crippen MR) is 120 cm³/mol. The summed E-state index contributed by atoms with van der Waals surface area (Å²) < 4.78 is 26.6. The molecule has 0 saturated carbocycles. The fraction of sp³-hybridized carbons (Fsp3) is 0.857. The molecule has 32 heavy (non-hydrogen) atoms. The number of hydrogen-bond acceptors (Lipinski definition) is 6. The van der Waals surface area contributed by atoms with Gasteiger partial charge in [-0.1, -0.05) is 13.3 Å². The van der Waals surface area contributed by atoms with Gasteiger partial charge in [-0.2, -0.15) is 4.72 Å². The van der Waals surface area contributed by atoms with Crippen molar-refractivity contribution >= 4 is 27.8 Å². The van der Waals surface area contributed by atoms with E-state index in [2.05, 4.69) is 15.4 Å². The number of hydrogen-bond donors (Lipinski definition) is 4. The van der Waals surface area contributed by atoms with E-state index in [1.165, 1.54) is 0 Å². The summed E-state index contributed by atoms with van der Waals surface area (Å²) in [6.45, 7) is 4.72. The topological polar surface area (TPSA) is 145 Å². The number of unbranched alkanes of at least 4 members (excludes halogenated alkanes) is 1. The molecule has 2 saturated heterocycles. The summed E-state index contributed by atoms with van der Waals surface area (Å²) in [6.07, 6.45) is 4.10. The Morgan fingerprint density at radius 2 is 1.91 bits per heavy atom. The number of nitrogens with one attached hydrogen (secondary N) is 3. The molecule has 0 aliphatic carbocycles. The van der Waals surface area contributed by atoms with E-state index in [9.17, 15) is 22.8 Å². The van der Waals surface area contributed by atoms with Crippen LogP contribution in [0, 0.1) is 11.8 Å². The first kappa shape index (κ1) is 26.5. The summed E-state index contributed by atoms with van der Waals surface area (Å²) in [5.41, 5.74) is 0. The van der Waals surface area contributed by atoms with Crippen LogP contribution in [0.2, 0.25) is 0 Å². The molecule has 10 nitrogen and oxygen atoms in total. The van der Waals surface area contributed by atoms with Gasteiger partial charge in [-0.3, -0.25) is 14.4 Å². The molecule has 2 atom stereocenters. The average Bonchev–Trinajstić information content (AvgIpc) is 2.76. The van der Waals surface area contributed by atoms with Crippen LogP contribution in [-0.4, -0.2) is 74.3 Å². The molecule has 2 aliphatic rings. The van der Waals surface area contributed by atoms with E-state index in [4.69, 9.17) is 5.11 Å². The van der Waals surface area contributed by atoms with Crippen molar-refractivity contribution in [3.63, 3.8) is 0 Å². The van der Waals surface area contributed by atoms with Gasteiger partial charge in [0.15, 0.2) is 0 Å². The van der Waals surface area contributed by atoms with Gasteiger partial charge in [0.05, 0.1) is 18.1 Å². The van der Waals surface area contributed by atoms with Crippen LogP contribution in [0.5, 0.6) is 0 Å². The number of amides is 2. The highest BCUT2D eigenvalue weighted by Crippen LogP contribution is 2.21. The molecule has 0 unspecified atom stereocenters. The fourth-order valence-corrected chi connectivity index (χ4v) is 5.63. The SMILES string of the molecule is CCCCS(=O)(=O)N[C@@H](CC(=O)O)NC(=O)[C@@H]1CCCN(C(=O)CCC2CCNCC2)C1. The smallest absolute Gasteiger partial charge is 0.306 e. The monoisotopic (exact) mass is 474 g/mol. The van der Waals surface area contributed by atoms with Gasteiger partial charge < -0.3 is 20.6 Å². The third kappa shape index (κ3) is 9.41. The molecule has 0 aromatic heterocycles. The molecule has 0 radical (unpaired) electrons. The van der Waals surface area contributed by atoms with Gasteiger partial charge in [0.2, 0.25) is 21.8 Å². The van der Waals surface area contributed by atoms with Crippen molar-refractivity contribution < 1.29 is 27.9 Å². The van der Waals surface area contributed by atoms with Crippen molar-refractivity contribution in [1.82, 2.24) is 20.3 Å². The van der Waals surface area contributed by atoms with E-state index >= 15 is 0 Å². The van der Waals surface area contributed by atoms with E-state index in [-0.39, 0.29) is 18.2 Å². The molecular formula is C21H38N4O6S. The van der Waals surface area contributed by atoms with Crippen LogP contribution in [0.4, 0.5) is 0 Å². The van der Waals surface area contributed by atoms with Crippen LogP contribution in [0.25, 0.3) is 0 Å². The average molecular weight is 475 g/mol. The van der Waals surface area contributed by atoms with Crippen LogP contribution >= 0.6 is 0 Å². The lowest BCUT2D eigenvalue weighted by Gasteiger charge is -2.33. The Morgan fingerprint density at radius 1 is 1.19 bits per heavy atom. The Morgan fingerprint density at radius 3 is 2.56 bits per heavy atom. The van der Waals surface area contributed by atoms with Crippen LogP contribution in [-0.2, 0) is 24.4 Å². The minimum absolute atomic E-state index is 0.0448. The van der Waals surface area contributed by atoms with Crippen molar-refractivity contribution in [3.05, 3.63) is 0 Å². The summed E-state index contributed by atoms with van der Waals surface area (Å²) in [6, 6.07) is 0. The molecule has 2 rings (SSSR count). The minimum Gasteiger partial charge on any atom is -0.481 e. The number of carboxylic acid groups (broad SMARTS) is 1. The molecule has 11 heteroatoms. The van der Waals surface area contributed by atoms with E-state index in [1.807, 2.05) is 6.92 Å². The maximum atomic E-state index is 12.8. The van der Waals surface area contributed by atoms with E-state index in [0.29, 0.717) is 44.6 Å². The number of nitrogens with zero attached hydrogens (tertiary/aromatic N) is 1. The molecule has 2 aliphatic heterocycles. The van der Waals surface area contributed by atoms with Gasteiger partial charge in [0.25, 0.3) is 0 Å². The highest BCUT2D eigenvalue weighted by atomic mass is 32.2. The summed E-state index contributed by atoms with van der Waals surface area (Å²) in [4.78, 5) is 38.3. The van der Waals surface area contributed by atoms with Crippen LogP contribution in [0.1, 0.15) is 64.7 Å². The van der Waals surface area contributed by atoms with Crippen LogP contribution < -0.4 is 15.4 Å². The number of piperidine rings is 2. The molecule has 0 bridgehead atoms. The summed E-state index contributed by atoms with van der Waals surface area (Å²) in [5, 5.41) is 15.0. The summed E-state index contributed by atoms with van der Waals surface area (Å²) in [5.74, 6) is -1.65. The lowest BCUT2D eigenvalue weighted by molar-refractivity contribution is -0.138. The van der Waals surface area contributed by atoms with Crippen LogP contribution in [0.3, 0.4) is 0 Å². The van der Waals surface area contributed by atoms with Gasteiger partial charge in [-0.05, 0) is 57.5 Å². The zero-order valence-electron chi connectivity index (χ0n) is 19.0. The zero-order chi connectivity index (χ0) is 23.6. The second-order valence-corrected chi connectivity index (χ2v) is 10.7. The molecular weight excluding hydrogens is 436 g/mol. The molecule has 2 heterocycles. The number of carboxylic acids is 1. The van der Waals surface area contributed by atoms with Gasteiger partial charge in [-0.15, -0.1) is 0 Å². The molecule has 4 N–H and O–H groups in total. The van der Waals surface area contributed by atoms with Gasteiger partial charge in [0, 0.05) is 19.5 Å². The molecule has 2 amide bonds. The largest absolute Gasteiger partial charge is 0.481 e. The van der Waals surface area contributed by atoms with Crippen molar-refractivity contribution in [2.24, 2.45) is 11.8 Å². The third-order valence-electron chi connectivity index (χ3n) is 6.15. The Hall–Kier alpha value is -1.72. The zero-order valence-corrected chi connectivity index (χ0v) is 19.8. The maximum Gasteiger partial charge on any atom is 0.306 e. The maximum absolute atomic E-state index is 12.8. The quantitative estimate of drug-likeness (QED) is 0.304. The number of rotatable bonds is 12. The molecule has 184 valence electrons.